The first-order valence-electron chi connectivity index (χ1n) is 6.64. The molecule has 114 valence electrons. The zero-order chi connectivity index (χ0) is 15.7. The molecule has 0 fully saturated rings. The average molecular weight is 339 g/mol. The number of aromatic nitrogens is 3. The van der Waals surface area contributed by atoms with Gasteiger partial charge in [0.05, 0.1) is 17.9 Å². The molecule has 0 unspecified atom stereocenters. The third-order valence-corrected chi connectivity index (χ3v) is 4.32. The van der Waals surface area contributed by atoms with E-state index in [1.807, 2.05) is 6.92 Å². The first-order valence-corrected chi connectivity index (χ1v) is 7.84. The van der Waals surface area contributed by atoms with Gasteiger partial charge in [-0.1, -0.05) is 29.9 Å². The van der Waals surface area contributed by atoms with E-state index in [0.717, 1.165) is 11.4 Å². The maximum Gasteiger partial charge on any atom is 0.275 e. The third-order valence-electron chi connectivity index (χ3n) is 3.03. The Kier molecular flexibility index (Phi) is 4.08. The SMILES string of the molecule is CCc1nn2c(=O)cc(CNc3cc(Cl)ccc3F)nc2s1. The van der Waals surface area contributed by atoms with Crippen LogP contribution in [0.15, 0.2) is 29.1 Å². The van der Waals surface area contributed by atoms with Crippen molar-refractivity contribution in [3.05, 3.63) is 56.2 Å². The fraction of sp³-hybridized carbons (Fsp3) is 0.214. The normalized spacial score (nSPS) is 11.0. The lowest BCUT2D eigenvalue weighted by atomic mass is 10.3. The van der Waals surface area contributed by atoms with Crippen LogP contribution in [-0.4, -0.2) is 14.6 Å². The van der Waals surface area contributed by atoms with Crippen LogP contribution in [0.25, 0.3) is 4.96 Å². The molecule has 0 bridgehead atoms. The summed E-state index contributed by atoms with van der Waals surface area (Å²) in [5, 5.41) is 8.35. The quantitative estimate of drug-likeness (QED) is 0.794. The number of benzene rings is 1. The van der Waals surface area contributed by atoms with Crippen molar-refractivity contribution in [2.45, 2.75) is 19.9 Å². The lowest BCUT2D eigenvalue weighted by molar-refractivity contribution is 0.630. The summed E-state index contributed by atoms with van der Waals surface area (Å²) in [6.45, 7) is 2.19. The average Bonchev–Trinajstić information content (AvgIpc) is 2.92. The van der Waals surface area contributed by atoms with Crippen molar-refractivity contribution in [2.75, 3.05) is 5.32 Å². The highest BCUT2D eigenvalue weighted by Crippen LogP contribution is 2.20. The van der Waals surface area contributed by atoms with Crippen molar-refractivity contribution in [1.29, 1.82) is 0 Å². The summed E-state index contributed by atoms with van der Waals surface area (Å²) in [4.78, 5) is 16.9. The van der Waals surface area contributed by atoms with Gasteiger partial charge in [0, 0.05) is 11.1 Å². The van der Waals surface area contributed by atoms with E-state index >= 15 is 0 Å². The van der Waals surface area contributed by atoms with Crippen molar-refractivity contribution < 1.29 is 4.39 Å². The van der Waals surface area contributed by atoms with E-state index in [9.17, 15) is 9.18 Å². The molecular weight excluding hydrogens is 327 g/mol. The summed E-state index contributed by atoms with van der Waals surface area (Å²) in [7, 11) is 0. The predicted molar refractivity (Wildman–Crippen MR) is 85.2 cm³/mol. The minimum atomic E-state index is -0.409. The van der Waals surface area contributed by atoms with Crippen LogP contribution in [-0.2, 0) is 13.0 Å². The molecule has 0 aliphatic heterocycles. The second-order valence-electron chi connectivity index (χ2n) is 4.61. The number of fused-ring (bicyclic) bond motifs is 1. The van der Waals surface area contributed by atoms with Crippen molar-refractivity contribution in [3.8, 4) is 0 Å². The highest BCUT2D eigenvalue weighted by atomic mass is 35.5. The van der Waals surface area contributed by atoms with Crippen molar-refractivity contribution in [3.63, 3.8) is 0 Å². The highest BCUT2D eigenvalue weighted by molar-refractivity contribution is 7.16. The number of nitrogens with zero attached hydrogens (tertiary/aromatic N) is 3. The molecule has 3 rings (SSSR count). The Balaban J connectivity index is 1.87. The molecule has 0 spiro atoms. The summed E-state index contributed by atoms with van der Waals surface area (Å²) in [5.74, 6) is -0.409. The Morgan fingerprint density at radius 1 is 1.41 bits per heavy atom. The van der Waals surface area contributed by atoms with Crippen molar-refractivity contribution >= 4 is 33.6 Å². The summed E-state index contributed by atoms with van der Waals surface area (Å²) >= 11 is 7.21. The highest BCUT2D eigenvalue weighted by Gasteiger charge is 2.09. The lowest BCUT2D eigenvalue weighted by Gasteiger charge is -2.07. The maximum atomic E-state index is 13.6. The van der Waals surface area contributed by atoms with Crippen LogP contribution in [0.1, 0.15) is 17.6 Å². The molecule has 0 aliphatic rings. The third kappa shape index (κ3) is 2.95. The molecule has 8 heteroatoms. The maximum absolute atomic E-state index is 13.6. The first kappa shape index (κ1) is 14.9. The number of nitrogens with one attached hydrogen (secondary N) is 1. The molecule has 0 radical (unpaired) electrons. The molecule has 0 amide bonds. The number of hydrogen-bond donors (Lipinski definition) is 1. The van der Waals surface area contributed by atoms with E-state index in [-0.39, 0.29) is 17.8 Å². The number of hydrogen-bond acceptors (Lipinski definition) is 5. The molecule has 0 saturated heterocycles. The first-order chi connectivity index (χ1) is 10.6. The smallest absolute Gasteiger partial charge is 0.275 e. The minimum Gasteiger partial charge on any atom is -0.377 e. The molecule has 0 saturated carbocycles. The summed E-state index contributed by atoms with van der Waals surface area (Å²) < 4.78 is 14.9. The van der Waals surface area contributed by atoms with Crippen LogP contribution in [0.3, 0.4) is 0 Å². The van der Waals surface area contributed by atoms with Gasteiger partial charge in [0.1, 0.15) is 10.8 Å². The van der Waals surface area contributed by atoms with Gasteiger partial charge in [-0.3, -0.25) is 4.79 Å². The Morgan fingerprint density at radius 2 is 2.23 bits per heavy atom. The Bertz CT molecular complexity index is 892. The van der Waals surface area contributed by atoms with Gasteiger partial charge >= 0.3 is 0 Å². The zero-order valence-electron chi connectivity index (χ0n) is 11.6. The van der Waals surface area contributed by atoms with Crippen LogP contribution >= 0.6 is 22.9 Å². The van der Waals surface area contributed by atoms with Crippen LogP contribution < -0.4 is 10.9 Å². The number of aryl methyl sites for hydroxylation is 1. The zero-order valence-corrected chi connectivity index (χ0v) is 13.2. The summed E-state index contributed by atoms with van der Waals surface area (Å²) in [6, 6.07) is 5.64. The van der Waals surface area contributed by atoms with E-state index in [1.165, 1.54) is 40.1 Å². The number of halogens is 2. The van der Waals surface area contributed by atoms with E-state index in [0.29, 0.717) is 15.7 Å². The standard InChI is InChI=1S/C14H12ClFN4OS/c1-2-12-19-20-13(21)6-9(18-14(20)22-12)7-17-11-5-8(15)3-4-10(11)16/h3-6,17H,2,7H2,1H3. The van der Waals surface area contributed by atoms with Gasteiger partial charge in [-0.25, -0.2) is 9.37 Å². The second-order valence-corrected chi connectivity index (χ2v) is 6.08. The van der Waals surface area contributed by atoms with E-state index in [1.54, 1.807) is 0 Å². The van der Waals surface area contributed by atoms with Crippen molar-refractivity contribution in [1.82, 2.24) is 14.6 Å². The van der Waals surface area contributed by atoms with Gasteiger partial charge in [0.15, 0.2) is 0 Å². The van der Waals surface area contributed by atoms with Gasteiger partial charge < -0.3 is 5.32 Å². The van der Waals surface area contributed by atoms with Gasteiger partial charge in [-0.2, -0.15) is 9.61 Å². The van der Waals surface area contributed by atoms with Gasteiger partial charge in [0.25, 0.3) is 5.56 Å². The minimum absolute atomic E-state index is 0.225. The number of anilines is 1. The molecule has 0 atom stereocenters. The van der Waals surface area contributed by atoms with E-state index in [4.69, 9.17) is 11.6 Å². The molecular formula is C14H12ClFN4OS. The van der Waals surface area contributed by atoms with Crippen LogP contribution in [0.4, 0.5) is 10.1 Å². The van der Waals surface area contributed by atoms with Gasteiger partial charge in [-0.15, -0.1) is 0 Å². The summed E-state index contributed by atoms with van der Waals surface area (Å²) in [5.41, 5.74) is 0.549. The van der Waals surface area contributed by atoms with Crippen molar-refractivity contribution in [2.24, 2.45) is 0 Å². The molecule has 2 heterocycles. The molecule has 1 aromatic carbocycles. The topological polar surface area (TPSA) is 59.3 Å². The molecule has 1 N–H and O–H groups in total. The molecule has 22 heavy (non-hydrogen) atoms. The second kappa shape index (κ2) is 6.02. The monoisotopic (exact) mass is 338 g/mol. The molecule has 2 aromatic heterocycles. The van der Waals surface area contributed by atoms with E-state index < -0.39 is 5.82 Å². The summed E-state index contributed by atoms with van der Waals surface area (Å²) in [6.07, 6.45) is 0.745. The van der Waals surface area contributed by atoms with E-state index in [2.05, 4.69) is 15.4 Å². The largest absolute Gasteiger partial charge is 0.377 e. The lowest BCUT2D eigenvalue weighted by Crippen LogP contribution is -2.17. The van der Waals surface area contributed by atoms with Gasteiger partial charge in [0.2, 0.25) is 4.96 Å². The fourth-order valence-electron chi connectivity index (χ4n) is 1.95. The Labute approximate surface area is 134 Å². The predicted octanol–water partition coefficient (Wildman–Crippen LogP) is 3.12. The van der Waals surface area contributed by atoms with Gasteiger partial charge in [-0.05, 0) is 24.6 Å². The molecule has 5 nitrogen and oxygen atoms in total. The Morgan fingerprint density at radius 3 is 3.00 bits per heavy atom. The molecule has 0 aliphatic carbocycles. The Hall–Kier alpha value is -1.99. The molecule has 3 aromatic rings. The van der Waals surface area contributed by atoms with Crippen LogP contribution in [0.2, 0.25) is 5.02 Å². The fourth-order valence-corrected chi connectivity index (χ4v) is 2.98. The number of rotatable bonds is 4. The van der Waals surface area contributed by atoms with Crippen LogP contribution in [0.5, 0.6) is 0 Å². The van der Waals surface area contributed by atoms with Crippen LogP contribution in [0, 0.1) is 5.82 Å².